The molecule has 0 spiro atoms. The first kappa shape index (κ1) is 20.2. The number of amides is 1. The van der Waals surface area contributed by atoms with Crippen LogP contribution in [0.5, 0.6) is 0 Å². The summed E-state index contributed by atoms with van der Waals surface area (Å²) in [5.74, 6) is -1.12. The van der Waals surface area contributed by atoms with Gasteiger partial charge in [0.25, 0.3) is 5.91 Å². The molecule has 0 aliphatic heterocycles. The maximum absolute atomic E-state index is 12.3. The van der Waals surface area contributed by atoms with Crippen molar-refractivity contribution in [3.8, 4) is 16.6 Å². The van der Waals surface area contributed by atoms with Crippen LogP contribution in [-0.2, 0) is 16.0 Å². The van der Waals surface area contributed by atoms with E-state index in [0.717, 1.165) is 12.0 Å². The number of ether oxygens (including phenoxy) is 1. The maximum atomic E-state index is 12.3. The summed E-state index contributed by atoms with van der Waals surface area (Å²) in [6.07, 6.45) is -0.0369. The number of rotatable bonds is 6. The summed E-state index contributed by atoms with van der Waals surface area (Å²) in [6.45, 7) is 3.58. The van der Waals surface area contributed by atoms with Gasteiger partial charge >= 0.3 is 5.97 Å². The van der Waals surface area contributed by atoms with Gasteiger partial charge in [-0.25, -0.2) is 9.78 Å². The van der Waals surface area contributed by atoms with Gasteiger partial charge in [0.05, 0.1) is 11.6 Å². The summed E-state index contributed by atoms with van der Waals surface area (Å²) in [5.41, 5.74) is 3.34. The van der Waals surface area contributed by atoms with Crippen molar-refractivity contribution in [1.82, 2.24) is 4.98 Å². The van der Waals surface area contributed by atoms with Crippen LogP contribution in [0.2, 0.25) is 0 Å². The highest BCUT2D eigenvalue weighted by molar-refractivity contribution is 7.13. The number of anilines is 1. The van der Waals surface area contributed by atoms with Gasteiger partial charge in [-0.1, -0.05) is 31.2 Å². The number of nitrogens with one attached hydrogen (secondary N) is 1. The molecule has 0 saturated carbocycles. The van der Waals surface area contributed by atoms with Crippen LogP contribution in [0.4, 0.5) is 5.69 Å². The molecule has 0 aliphatic carbocycles. The van der Waals surface area contributed by atoms with Crippen LogP contribution in [0.3, 0.4) is 0 Å². The number of aryl methyl sites for hydroxylation is 1. The Balaban J connectivity index is 1.60. The molecule has 6 nitrogen and oxygen atoms in total. The van der Waals surface area contributed by atoms with Crippen molar-refractivity contribution in [1.29, 1.82) is 5.26 Å². The third-order valence-electron chi connectivity index (χ3n) is 4.26. The van der Waals surface area contributed by atoms with Crippen molar-refractivity contribution in [3.63, 3.8) is 0 Å². The summed E-state index contributed by atoms with van der Waals surface area (Å²) in [5, 5.41) is 13.8. The van der Waals surface area contributed by atoms with Crippen LogP contribution in [0.15, 0.2) is 53.9 Å². The van der Waals surface area contributed by atoms with Gasteiger partial charge in [-0.15, -0.1) is 11.3 Å². The first-order valence-electron chi connectivity index (χ1n) is 9.07. The van der Waals surface area contributed by atoms with Gasteiger partial charge in [0.2, 0.25) is 0 Å². The zero-order valence-electron chi connectivity index (χ0n) is 16.0. The van der Waals surface area contributed by atoms with E-state index in [1.165, 1.54) is 23.8 Å². The first-order valence-corrected chi connectivity index (χ1v) is 9.95. The molecule has 1 amide bonds. The van der Waals surface area contributed by atoms with E-state index in [9.17, 15) is 9.59 Å². The van der Waals surface area contributed by atoms with E-state index in [1.54, 1.807) is 29.6 Å². The number of nitriles is 1. The molecule has 0 radical (unpaired) electrons. The lowest BCUT2D eigenvalue weighted by atomic mass is 10.1. The molecule has 2 aromatic carbocycles. The van der Waals surface area contributed by atoms with Gasteiger partial charge in [-0.2, -0.15) is 5.26 Å². The minimum atomic E-state index is -0.993. The van der Waals surface area contributed by atoms with Gasteiger partial charge < -0.3 is 10.1 Å². The van der Waals surface area contributed by atoms with Gasteiger partial charge in [0.1, 0.15) is 5.01 Å². The Hall–Kier alpha value is -3.50. The first-order chi connectivity index (χ1) is 14.0. The van der Waals surface area contributed by atoms with E-state index in [-0.39, 0.29) is 5.69 Å². The number of thiazole rings is 1. The predicted molar refractivity (Wildman–Crippen MR) is 112 cm³/mol. The smallest absolute Gasteiger partial charge is 0.358 e. The summed E-state index contributed by atoms with van der Waals surface area (Å²) in [7, 11) is 0. The zero-order chi connectivity index (χ0) is 20.8. The molecule has 3 rings (SSSR count). The molecule has 0 unspecified atom stereocenters. The van der Waals surface area contributed by atoms with Crippen LogP contribution in [0.1, 0.15) is 35.5 Å². The van der Waals surface area contributed by atoms with E-state index in [2.05, 4.69) is 17.2 Å². The van der Waals surface area contributed by atoms with Crippen molar-refractivity contribution in [2.45, 2.75) is 26.4 Å². The van der Waals surface area contributed by atoms with Gasteiger partial charge in [0, 0.05) is 16.6 Å². The van der Waals surface area contributed by atoms with Crippen molar-refractivity contribution in [2.75, 3.05) is 5.32 Å². The average Bonchev–Trinajstić information content (AvgIpc) is 3.24. The highest BCUT2D eigenvalue weighted by Crippen LogP contribution is 2.24. The van der Waals surface area contributed by atoms with Crippen molar-refractivity contribution < 1.29 is 14.3 Å². The number of aromatic nitrogens is 1. The Morgan fingerprint density at radius 2 is 1.86 bits per heavy atom. The summed E-state index contributed by atoms with van der Waals surface area (Å²) in [6, 6.07) is 16.4. The number of carbonyl (C=O) groups excluding carboxylic acids is 2. The Bertz CT molecular complexity index is 1050. The number of benzene rings is 2. The number of esters is 1. The molecule has 29 heavy (non-hydrogen) atoms. The standard InChI is InChI=1S/C22H19N3O3S/c1-3-15-4-8-17(9-5-15)21-25-19(13-29-21)22(27)28-14(2)20(26)24-18-10-6-16(12-23)7-11-18/h4-11,13-14H,3H2,1-2H3,(H,24,26)/t14-/m1/s1. The van der Waals surface area contributed by atoms with Crippen LogP contribution in [0.25, 0.3) is 10.6 Å². The average molecular weight is 405 g/mol. The minimum Gasteiger partial charge on any atom is -0.448 e. The van der Waals surface area contributed by atoms with E-state index in [0.29, 0.717) is 16.3 Å². The molecule has 146 valence electrons. The van der Waals surface area contributed by atoms with Crippen molar-refractivity contribution in [3.05, 3.63) is 70.7 Å². The van der Waals surface area contributed by atoms with Crippen LogP contribution < -0.4 is 5.32 Å². The molecule has 1 aromatic heterocycles. The minimum absolute atomic E-state index is 0.169. The number of hydrogen-bond donors (Lipinski definition) is 1. The normalized spacial score (nSPS) is 11.3. The predicted octanol–water partition coefficient (Wildman–Crippen LogP) is 4.43. The third kappa shape index (κ3) is 5.06. The molecule has 1 heterocycles. The lowest BCUT2D eigenvalue weighted by Gasteiger charge is -2.12. The maximum Gasteiger partial charge on any atom is 0.358 e. The fourth-order valence-electron chi connectivity index (χ4n) is 2.53. The molecule has 1 N–H and O–H groups in total. The fraction of sp³-hybridized carbons (Fsp3) is 0.182. The highest BCUT2D eigenvalue weighted by atomic mass is 32.1. The molecule has 0 fully saturated rings. The van der Waals surface area contributed by atoms with Gasteiger partial charge in [0.15, 0.2) is 11.8 Å². The highest BCUT2D eigenvalue weighted by Gasteiger charge is 2.21. The van der Waals surface area contributed by atoms with Crippen molar-refractivity contribution in [2.24, 2.45) is 0 Å². The SMILES string of the molecule is CCc1ccc(-c2nc(C(=O)O[C@H](C)C(=O)Nc3ccc(C#N)cc3)cs2)cc1. The fourth-order valence-corrected chi connectivity index (χ4v) is 3.32. The number of nitrogens with zero attached hydrogens (tertiary/aromatic N) is 2. The monoisotopic (exact) mass is 405 g/mol. The van der Waals surface area contributed by atoms with Gasteiger partial charge in [-0.05, 0) is 43.2 Å². The Kier molecular flexibility index (Phi) is 6.37. The number of hydrogen-bond acceptors (Lipinski definition) is 6. The van der Waals surface area contributed by atoms with E-state index in [1.807, 2.05) is 30.3 Å². The number of carbonyl (C=O) groups is 2. The van der Waals surface area contributed by atoms with E-state index >= 15 is 0 Å². The van der Waals surface area contributed by atoms with Crippen LogP contribution >= 0.6 is 11.3 Å². The molecular weight excluding hydrogens is 386 g/mol. The third-order valence-corrected chi connectivity index (χ3v) is 5.15. The lowest BCUT2D eigenvalue weighted by molar-refractivity contribution is -0.123. The molecule has 1 atom stereocenters. The van der Waals surface area contributed by atoms with Crippen LogP contribution in [-0.4, -0.2) is 23.0 Å². The molecule has 0 saturated heterocycles. The molecule has 0 aliphatic rings. The second-order valence-electron chi connectivity index (χ2n) is 6.31. The van der Waals surface area contributed by atoms with Gasteiger partial charge in [-0.3, -0.25) is 4.79 Å². The summed E-state index contributed by atoms with van der Waals surface area (Å²) >= 11 is 1.35. The quantitative estimate of drug-likeness (QED) is 0.613. The lowest BCUT2D eigenvalue weighted by Crippen LogP contribution is -2.30. The Morgan fingerprint density at radius 3 is 2.48 bits per heavy atom. The van der Waals surface area contributed by atoms with Crippen LogP contribution in [0, 0.1) is 11.3 Å². The second-order valence-corrected chi connectivity index (χ2v) is 7.17. The summed E-state index contributed by atoms with van der Waals surface area (Å²) in [4.78, 5) is 28.9. The topological polar surface area (TPSA) is 92.1 Å². The van der Waals surface area contributed by atoms with E-state index in [4.69, 9.17) is 10.00 Å². The zero-order valence-corrected chi connectivity index (χ0v) is 16.8. The molecule has 3 aromatic rings. The largest absolute Gasteiger partial charge is 0.448 e. The Morgan fingerprint density at radius 1 is 1.17 bits per heavy atom. The van der Waals surface area contributed by atoms with Crippen molar-refractivity contribution >= 4 is 28.9 Å². The Labute approximate surface area is 172 Å². The second kappa shape index (κ2) is 9.13. The molecule has 0 bridgehead atoms. The van der Waals surface area contributed by atoms with E-state index < -0.39 is 18.0 Å². The summed E-state index contributed by atoms with van der Waals surface area (Å²) < 4.78 is 5.24. The molecular formula is C22H19N3O3S. The molecule has 7 heteroatoms.